The van der Waals surface area contributed by atoms with Crippen LogP contribution in [0.3, 0.4) is 0 Å². The summed E-state index contributed by atoms with van der Waals surface area (Å²) in [4.78, 5) is 29.5. The van der Waals surface area contributed by atoms with Crippen molar-refractivity contribution in [1.29, 1.82) is 0 Å². The Morgan fingerprint density at radius 3 is 2.43 bits per heavy atom. The lowest BCUT2D eigenvalue weighted by Gasteiger charge is -2.36. The number of para-hydroxylation sites is 2. The number of hydrogen-bond acceptors (Lipinski definition) is 4. The topological polar surface area (TPSA) is 61.9 Å². The van der Waals surface area contributed by atoms with Crippen LogP contribution in [0.4, 0.5) is 5.69 Å². The zero-order valence-corrected chi connectivity index (χ0v) is 16.7. The Bertz CT molecular complexity index is 709. The van der Waals surface area contributed by atoms with Crippen LogP contribution >= 0.6 is 0 Å². The van der Waals surface area contributed by atoms with Crippen LogP contribution in [0.1, 0.15) is 38.5 Å². The van der Waals surface area contributed by atoms with Crippen LogP contribution in [-0.2, 0) is 9.59 Å². The van der Waals surface area contributed by atoms with Gasteiger partial charge in [-0.1, -0.05) is 31.4 Å². The molecule has 152 valence electrons. The van der Waals surface area contributed by atoms with Gasteiger partial charge in [0.2, 0.25) is 11.8 Å². The van der Waals surface area contributed by atoms with E-state index in [4.69, 9.17) is 4.74 Å². The summed E-state index contributed by atoms with van der Waals surface area (Å²) in [6.45, 7) is 2.98. The lowest BCUT2D eigenvalue weighted by molar-refractivity contribution is -0.135. The van der Waals surface area contributed by atoms with E-state index in [1.54, 1.807) is 7.11 Å². The second-order valence-corrected chi connectivity index (χ2v) is 8.28. The van der Waals surface area contributed by atoms with Crippen LogP contribution in [0, 0.1) is 11.8 Å². The molecule has 0 spiro atoms. The summed E-state index contributed by atoms with van der Waals surface area (Å²) >= 11 is 0. The molecule has 2 atom stereocenters. The van der Waals surface area contributed by atoms with E-state index in [1.165, 1.54) is 19.3 Å². The van der Waals surface area contributed by atoms with Gasteiger partial charge in [-0.15, -0.1) is 0 Å². The fourth-order valence-electron chi connectivity index (χ4n) is 4.61. The van der Waals surface area contributed by atoms with Crippen LogP contribution in [-0.4, -0.2) is 56.0 Å². The first-order chi connectivity index (χ1) is 13.7. The number of anilines is 1. The highest BCUT2D eigenvalue weighted by Crippen LogP contribution is 2.41. The molecule has 1 N–H and O–H groups in total. The van der Waals surface area contributed by atoms with E-state index in [-0.39, 0.29) is 23.7 Å². The van der Waals surface area contributed by atoms with Gasteiger partial charge in [0.15, 0.2) is 0 Å². The molecule has 1 heterocycles. The zero-order valence-electron chi connectivity index (χ0n) is 16.7. The normalized spacial score (nSPS) is 25.3. The molecular weight excluding hydrogens is 354 g/mol. The molecule has 6 heteroatoms. The number of piperazine rings is 1. The average Bonchev–Trinajstić information content (AvgIpc) is 3.55. The van der Waals surface area contributed by atoms with Crippen molar-refractivity contribution in [2.45, 2.75) is 44.6 Å². The van der Waals surface area contributed by atoms with Gasteiger partial charge in [-0.3, -0.25) is 9.59 Å². The van der Waals surface area contributed by atoms with E-state index in [0.717, 1.165) is 37.4 Å². The summed E-state index contributed by atoms with van der Waals surface area (Å²) in [5, 5.41) is 3.18. The number of methoxy groups -OCH3 is 1. The Balaban J connectivity index is 1.26. The van der Waals surface area contributed by atoms with Crippen molar-refractivity contribution in [1.82, 2.24) is 10.2 Å². The Morgan fingerprint density at radius 2 is 1.71 bits per heavy atom. The molecule has 1 aromatic rings. The van der Waals surface area contributed by atoms with Crippen LogP contribution in [0.2, 0.25) is 0 Å². The van der Waals surface area contributed by atoms with Gasteiger partial charge in [-0.2, -0.15) is 0 Å². The van der Waals surface area contributed by atoms with Gasteiger partial charge in [-0.05, 0) is 31.4 Å². The van der Waals surface area contributed by atoms with Gasteiger partial charge in [0.1, 0.15) is 5.75 Å². The van der Waals surface area contributed by atoms with Crippen molar-refractivity contribution in [2.24, 2.45) is 11.8 Å². The highest BCUT2D eigenvalue weighted by Gasteiger charge is 2.50. The fourth-order valence-corrected chi connectivity index (χ4v) is 4.61. The zero-order chi connectivity index (χ0) is 19.5. The number of carbonyl (C=O) groups excluding carboxylic acids is 2. The van der Waals surface area contributed by atoms with Crippen LogP contribution < -0.4 is 15.0 Å². The van der Waals surface area contributed by atoms with Gasteiger partial charge in [-0.25, -0.2) is 0 Å². The number of nitrogens with one attached hydrogen (secondary N) is 1. The third-order valence-corrected chi connectivity index (χ3v) is 6.41. The highest BCUT2D eigenvalue weighted by molar-refractivity contribution is 5.92. The maximum Gasteiger partial charge on any atom is 0.226 e. The van der Waals surface area contributed by atoms with Crippen molar-refractivity contribution in [2.75, 3.05) is 38.2 Å². The Hall–Kier alpha value is -2.24. The molecule has 6 nitrogen and oxygen atoms in total. The standard InChI is InChI=1S/C22H31N3O3/c1-28-20-10-6-5-9-19(20)24-11-13-25(14-12-24)22(27)18-15-17(18)21(26)23-16-7-3-2-4-8-16/h5-6,9-10,16-18H,2-4,7-8,11-15H2,1H3,(H,23,26). The third-order valence-electron chi connectivity index (χ3n) is 6.41. The predicted octanol–water partition coefficient (Wildman–Crippen LogP) is 2.43. The summed E-state index contributed by atoms with van der Waals surface area (Å²) in [7, 11) is 1.68. The van der Waals surface area contributed by atoms with Crippen LogP contribution in [0.15, 0.2) is 24.3 Å². The number of amides is 2. The Kier molecular flexibility index (Phi) is 5.74. The number of ether oxygens (including phenoxy) is 1. The molecule has 1 aromatic carbocycles. The minimum absolute atomic E-state index is 0.0953. The van der Waals surface area contributed by atoms with Gasteiger partial charge >= 0.3 is 0 Å². The maximum absolute atomic E-state index is 12.8. The maximum atomic E-state index is 12.8. The summed E-state index contributed by atoms with van der Waals surface area (Å²) in [5.41, 5.74) is 1.08. The molecular formula is C22H31N3O3. The quantitative estimate of drug-likeness (QED) is 0.846. The molecule has 0 radical (unpaired) electrons. The largest absolute Gasteiger partial charge is 0.495 e. The molecule has 2 unspecified atom stereocenters. The molecule has 2 aliphatic carbocycles. The number of benzene rings is 1. The fraction of sp³-hybridized carbons (Fsp3) is 0.636. The first-order valence-electron chi connectivity index (χ1n) is 10.6. The number of rotatable bonds is 5. The van der Waals surface area contributed by atoms with E-state index in [0.29, 0.717) is 25.6 Å². The summed E-state index contributed by atoms with van der Waals surface area (Å²) in [6, 6.07) is 8.32. The van der Waals surface area contributed by atoms with Crippen molar-refractivity contribution in [3.8, 4) is 5.75 Å². The second-order valence-electron chi connectivity index (χ2n) is 8.28. The summed E-state index contributed by atoms with van der Waals surface area (Å²) in [6.07, 6.45) is 6.56. The predicted molar refractivity (Wildman–Crippen MR) is 108 cm³/mol. The van der Waals surface area contributed by atoms with Crippen molar-refractivity contribution in [3.05, 3.63) is 24.3 Å². The van der Waals surface area contributed by atoms with Gasteiger partial charge in [0, 0.05) is 32.2 Å². The van der Waals surface area contributed by atoms with Crippen LogP contribution in [0.5, 0.6) is 5.75 Å². The summed E-state index contributed by atoms with van der Waals surface area (Å²) < 4.78 is 5.46. The minimum atomic E-state index is -0.110. The second kappa shape index (κ2) is 8.41. The third kappa shape index (κ3) is 4.10. The Morgan fingerprint density at radius 1 is 1.00 bits per heavy atom. The first-order valence-corrected chi connectivity index (χ1v) is 10.6. The van der Waals surface area contributed by atoms with E-state index < -0.39 is 0 Å². The van der Waals surface area contributed by atoms with E-state index >= 15 is 0 Å². The number of hydrogen-bond donors (Lipinski definition) is 1. The molecule has 2 saturated carbocycles. The number of nitrogens with zero attached hydrogens (tertiary/aromatic N) is 2. The van der Waals surface area contributed by atoms with Gasteiger partial charge in [0.05, 0.1) is 24.6 Å². The van der Waals surface area contributed by atoms with E-state index in [9.17, 15) is 9.59 Å². The summed E-state index contributed by atoms with van der Waals surface area (Å²) in [5.74, 6) is 0.897. The molecule has 4 rings (SSSR count). The van der Waals surface area contributed by atoms with E-state index in [1.807, 2.05) is 23.1 Å². The molecule has 1 aliphatic heterocycles. The van der Waals surface area contributed by atoms with Gasteiger partial charge in [0.25, 0.3) is 0 Å². The molecule has 2 amide bonds. The van der Waals surface area contributed by atoms with E-state index in [2.05, 4.69) is 16.3 Å². The lowest BCUT2D eigenvalue weighted by atomic mass is 9.95. The molecule has 0 aromatic heterocycles. The van der Waals surface area contributed by atoms with Crippen molar-refractivity contribution < 1.29 is 14.3 Å². The average molecular weight is 386 g/mol. The number of carbonyl (C=O) groups is 2. The Labute approximate surface area is 167 Å². The monoisotopic (exact) mass is 385 g/mol. The SMILES string of the molecule is COc1ccccc1N1CCN(C(=O)C2CC2C(=O)NC2CCCCC2)CC1. The molecule has 0 bridgehead atoms. The van der Waals surface area contributed by atoms with Crippen molar-refractivity contribution >= 4 is 17.5 Å². The molecule has 1 saturated heterocycles. The first kappa shape index (κ1) is 19.1. The molecule has 3 aliphatic rings. The van der Waals surface area contributed by atoms with Gasteiger partial charge < -0.3 is 19.9 Å². The molecule has 3 fully saturated rings. The lowest BCUT2D eigenvalue weighted by Crippen LogP contribution is -2.49. The van der Waals surface area contributed by atoms with Crippen molar-refractivity contribution in [3.63, 3.8) is 0 Å². The van der Waals surface area contributed by atoms with Crippen LogP contribution in [0.25, 0.3) is 0 Å². The highest BCUT2D eigenvalue weighted by atomic mass is 16.5. The minimum Gasteiger partial charge on any atom is -0.495 e. The molecule has 28 heavy (non-hydrogen) atoms. The smallest absolute Gasteiger partial charge is 0.226 e.